The van der Waals surface area contributed by atoms with Gasteiger partial charge in [-0.2, -0.15) is 0 Å². The Morgan fingerprint density at radius 1 is 1.46 bits per heavy atom. The summed E-state index contributed by atoms with van der Waals surface area (Å²) in [5.41, 5.74) is 7.02. The van der Waals surface area contributed by atoms with Gasteiger partial charge in [-0.15, -0.1) is 0 Å². The fourth-order valence-electron chi connectivity index (χ4n) is 1.76. The lowest BCUT2D eigenvalue weighted by Crippen LogP contribution is -2.59. The first-order chi connectivity index (χ1) is 6.11. The van der Waals surface area contributed by atoms with Gasteiger partial charge in [0.25, 0.3) is 0 Å². The number of allylic oxidation sites excluding steroid dienone is 1. The van der Waals surface area contributed by atoms with Crippen molar-refractivity contribution in [2.75, 3.05) is 13.1 Å². The molecule has 0 radical (unpaired) electrons. The first kappa shape index (κ1) is 10.5. The Labute approximate surface area is 79.6 Å². The van der Waals surface area contributed by atoms with Gasteiger partial charge in [0.2, 0.25) is 0 Å². The smallest absolute Gasteiger partial charge is 0.136 e. The Morgan fingerprint density at radius 3 is 2.54 bits per heavy atom. The summed E-state index contributed by atoms with van der Waals surface area (Å²) in [5.74, 6) is 0. The minimum absolute atomic E-state index is 0.199. The van der Waals surface area contributed by atoms with Gasteiger partial charge in [-0.05, 0) is 19.9 Å². The Morgan fingerprint density at radius 2 is 2.08 bits per heavy atom. The summed E-state index contributed by atoms with van der Waals surface area (Å²) in [5, 5.41) is 9.67. The molecule has 76 valence electrons. The van der Waals surface area contributed by atoms with E-state index < -0.39 is 6.23 Å². The van der Waals surface area contributed by atoms with Gasteiger partial charge in [0.05, 0.1) is 0 Å². The zero-order valence-corrected chi connectivity index (χ0v) is 8.57. The number of rotatable bonds is 2. The first-order valence-corrected chi connectivity index (χ1v) is 4.76. The summed E-state index contributed by atoms with van der Waals surface area (Å²) in [6.45, 7) is 7.64. The Bertz CT molecular complexity index is 205. The highest BCUT2D eigenvalue weighted by Crippen LogP contribution is 2.18. The van der Waals surface area contributed by atoms with Crippen LogP contribution in [0.3, 0.4) is 0 Å². The minimum atomic E-state index is -0.539. The Kier molecular flexibility index (Phi) is 3.30. The summed E-state index contributed by atoms with van der Waals surface area (Å²) < 4.78 is 0. The summed E-state index contributed by atoms with van der Waals surface area (Å²) in [7, 11) is 0. The van der Waals surface area contributed by atoms with Crippen LogP contribution in [0.4, 0.5) is 0 Å². The van der Waals surface area contributed by atoms with Crippen LogP contribution in [0.15, 0.2) is 11.8 Å². The third-order valence-electron chi connectivity index (χ3n) is 2.55. The maximum Gasteiger partial charge on any atom is 0.136 e. The fraction of sp³-hybridized carbons (Fsp3) is 0.778. The van der Waals surface area contributed by atoms with E-state index in [0.717, 1.165) is 18.8 Å². The molecule has 0 saturated heterocycles. The lowest BCUT2D eigenvalue weighted by molar-refractivity contribution is -0.0515. The summed E-state index contributed by atoms with van der Waals surface area (Å²) in [6, 6.07) is 0. The number of hydrogen-bond donors (Lipinski definition) is 2. The van der Waals surface area contributed by atoms with Gasteiger partial charge < -0.3 is 10.0 Å². The average molecular weight is 185 g/mol. The third-order valence-corrected chi connectivity index (χ3v) is 2.55. The molecule has 2 unspecified atom stereocenters. The maximum absolute atomic E-state index is 9.67. The van der Waals surface area contributed by atoms with Crippen molar-refractivity contribution in [3.05, 3.63) is 11.8 Å². The fourth-order valence-corrected chi connectivity index (χ4v) is 1.76. The monoisotopic (exact) mass is 185 g/mol. The molecule has 1 aliphatic rings. The van der Waals surface area contributed by atoms with E-state index >= 15 is 0 Å². The van der Waals surface area contributed by atoms with Gasteiger partial charge >= 0.3 is 0 Å². The molecular formula is C9H19N3O. The molecule has 1 heterocycles. The molecule has 0 spiro atoms. The van der Waals surface area contributed by atoms with E-state index in [-0.39, 0.29) is 6.29 Å². The Hall–Kier alpha value is -0.580. The van der Waals surface area contributed by atoms with E-state index in [0.29, 0.717) is 0 Å². The molecule has 0 fully saturated rings. The second-order valence-corrected chi connectivity index (χ2v) is 3.25. The standard InChI is InChI=1S/C9H19N3O/c1-4-11-7(3)6-8(13)12(5-2)9(11)10/h6,8-9,13H,4-5,10H2,1-3H3. The minimum Gasteiger partial charge on any atom is -0.375 e. The van der Waals surface area contributed by atoms with Crippen molar-refractivity contribution in [3.8, 4) is 0 Å². The highest BCUT2D eigenvalue weighted by molar-refractivity contribution is 5.06. The number of aliphatic hydroxyl groups is 1. The van der Waals surface area contributed by atoms with Gasteiger partial charge in [0, 0.05) is 18.8 Å². The second-order valence-electron chi connectivity index (χ2n) is 3.25. The van der Waals surface area contributed by atoms with Crippen LogP contribution in [-0.2, 0) is 0 Å². The van der Waals surface area contributed by atoms with Crippen LogP contribution in [0.1, 0.15) is 20.8 Å². The average Bonchev–Trinajstić information content (AvgIpc) is 2.04. The molecule has 0 bridgehead atoms. The molecule has 0 saturated carbocycles. The molecule has 0 aromatic rings. The van der Waals surface area contributed by atoms with Crippen molar-refractivity contribution < 1.29 is 5.11 Å². The molecule has 4 heteroatoms. The summed E-state index contributed by atoms with van der Waals surface area (Å²) in [4.78, 5) is 3.91. The van der Waals surface area contributed by atoms with Crippen molar-refractivity contribution in [2.45, 2.75) is 33.3 Å². The third kappa shape index (κ3) is 1.85. The molecule has 0 amide bonds. The second kappa shape index (κ2) is 4.09. The van der Waals surface area contributed by atoms with Crippen LogP contribution >= 0.6 is 0 Å². The molecule has 4 nitrogen and oxygen atoms in total. The molecule has 2 atom stereocenters. The molecule has 3 N–H and O–H groups in total. The normalized spacial score (nSPS) is 30.5. The van der Waals surface area contributed by atoms with Gasteiger partial charge in [-0.1, -0.05) is 6.92 Å². The first-order valence-electron chi connectivity index (χ1n) is 4.76. The quantitative estimate of drug-likeness (QED) is 0.641. The summed E-state index contributed by atoms with van der Waals surface area (Å²) in [6.07, 6.45) is 1.09. The van der Waals surface area contributed by atoms with E-state index in [9.17, 15) is 5.11 Å². The van der Waals surface area contributed by atoms with Crippen LogP contribution in [0.5, 0.6) is 0 Å². The van der Waals surface area contributed by atoms with Crippen LogP contribution in [-0.4, -0.2) is 40.5 Å². The van der Waals surface area contributed by atoms with Crippen LogP contribution in [0.25, 0.3) is 0 Å². The highest BCUT2D eigenvalue weighted by Gasteiger charge is 2.28. The molecule has 0 aromatic carbocycles. The molecule has 1 aliphatic heterocycles. The number of likely N-dealkylation sites (N-methyl/N-ethyl adjacent to an activating group) is 1. The predicted molar refractivity (Wildman–Crippen MR) is 52.5 cm³/mol. The Balaban J connectivity index is 2.85. The van der Waals surface area contributed by atoms with Gasteiger partial charge in [0.15, 0.2) is 0 Å². The van der Waals surface area contributed by atoms with Crippen molar-refractivity contribution in [1.29, 1.82) is 0 Å². The topological polar surface area (TPSA) is 52.7 Å². The molecule has 13 heavy (non-hydrogen) atoms. The molecule has 0 aliphatic carbocycles. The van der Waals surface area contributed by atoms with E-state index in [1.807, 2.05) is 24.8 Å². The largest absolute Gasteiger partial charge is 0.375 e. The molecular weight excluding hydrogens is 166 g/mol. The number of aliphatic hydroxyl groups excluding tert-OH is 1. The van der Waals surface area contributed by atoms with Crippen molar-refractivity contribution in [2.24, 2.45) is 5.73 Å². The molecule has 1 rings (SSSR count). The van der Waals surface area contributed by atoms with Crippen molar-refractivity contribution >= 4 is 0 Å². The van der Waals surface area contributed by atoms with Crippen LogP contribution < -0.4 is 5.73 Å². The van der Waals surface area contributed by atoms with Gasteiger partial charge in [0.1, 0.15) is 12.5 Å². The van der Waals surface area contributed by atoms with E-state index in [2.05, 4.69) is 11.8 Å². The molecule has 0 aromatic heterocycles. The zero-order valence-electron chi connectivity index (χ0n) is 8.57. The SMILES string of the molecule is CCN1C(C)=CC(O)N(CC)C1N. The van der Waals surface area contributed by atoms with Crippen LogP contribution in [0, 0.1) is 0 Å². The zero-order chi connectivity index (χ0) is 10.0. The summed E-state index contributed by atoms with van der Waals surface area (Å²) >= 11 is 0. The number of hydrogen-bond acceptors (Lipinski definition) is 4. The van der Waals surface area contributed by atoms with Gasteiger partial charge in [-0.3, -0.25) is 5.73 Å². The van der Waals surface area contributed by atoms with Crippen molar-refractivity contribution in [1.82, 2.24) is 9.80 Å². The van der Waals surface area contributed by atoms with E-state index in [1.54, 1.807) is 0 Å². The number of nitrogens with zero attached hydrogens (tertiary/aromatic N) is 2. The highest BCUT2D eigenvalue weighted by atomic mass is 16.3. The van der Waals surface area contributed by atoms with Gasteiger partial charge in [-0.25, -0.2) is 4.90 Å². The van der Waals surface area contributed by atoms with Crippen LogP contribution in [0.2, 0.25) is 0 Å². The number of nitrogens with two attached hydrogens (primary N) is 1. The maximum atomic E-state index is 9.67. The van der Waals surface area contributed by atoms with E-state index in [4.69, 9.17) is 5.73 Å². The lowest BCUT2D eigenvalue weighted by Gasteiger charge is -2.43. The lowest BCUT2D eigenvalue weighted by atomic mass is 10.2. The van der Waals surface area contributed by atoms with E-state index in [1.165, 1.54) is 0 Å². The van der Waals surface area contributed by atoms with Crippen molar-refractivity contribution in [3.63, 3.8) is 0 Å². The predicted octanol–water partition coefficient (Wildman–Crippen LogP) is 0.108.